The molecule has 7 nitrogen and oxygen atoms in total. The molecule has 2 aliphatic rings. The maximum atomic E-state index is 13.3. The lowest BCUT2D eigenvalue weighted by molar-refractivity contribution is -0.0554. The number of sulfonamides is 1. The minimum atomic E-state index is -3.44. The Balaban J connectivity index is 1.38. The van der Waals surface area contributed by atoms with E-state index in [0.29, 0.717) is 13.1 Å². The first-order valence-corrected chi connectivity index (χ1v) is 13.4. The number of nitrogens with zero attached hydrogens (tertiary/aromatic N) is 4. The second-order valence-corrected chi connectivity index (χ2v) is 11.1. The number of hydrogen-bond donors (Lipinski definition) is 1. The molecule has 0 aliphatic carbocycles. The van der Waals surface area contributed by atoms with Crippen LogP contribution in [0, 0.1) is 0 Å². The molecule has 0 unspecified atom stereocenters. The average Bonchev–Trinajstić information content (AvgIpc) is 2.84. The summed E-state index contributed by atoms with van der Waals surface area (Å²) in [6.07, 6.45) is 6.83. The monoisotopic (exact) mass is 478 g/mol. The van der Waals surface area contributed by atoms with E-state index in [4.69, 9.17) is 0 Å². The number of rotatable bonds is 6. The number of fused-ring (bicyclic) bond motifs is 1. The third-order valence-corrected chi connectivity index (χ3v) is 8.92. The van der Waals surface area contributed by atoms with Crippen LogP contribution in [0.15, 0.2) is 73.3 Å². The van der Waals surface area contributed by atoms with Gasteiger partial charge in [-0.15, -0.1) is 0 Å². The van der Waals surface area contributed by atoms with Gasteiger partial charge in [0.25, 0.3) is 0 Å². The molecule has 34 heavy (non-hydrogen) atoms. The van der Waals surface area contributed by atoms with Crippen LogP contribution >= 0.6 is 0 Å². The third kappa shape index (κ3) is 4.63. The molecule has 0 spiro atoms. The normalized spacial score (nSPS) is 24.0. The molecule has 5 rings (SSSR count). The van der Waals surface area contributed by atoms with E-state index in [1.807, 2.05) is 30.3 Å². The van der Waals surface area contributed by atoms with E-state index in [2.05, 4.69) is 39.1 Å². The van der Waals surface area contributed by atoms with E-state index in [1.54, 1.807) is 16.7 Å². The fourth-order valence-corrected chi connectivity index (χ4v) is 6.97. The van der Waals surface area contributed by atoms with Gasteiger partial charge in [-0.2, -0.15) is 0 Å². The van der Waals surface area contributed by atoms with Crippen molar-refractivity contribution in [2.45, 2.75) is 36.6 Å². The van der Waals surface area contributed by atoms with Gasteiger partial charge < -0.3 is 5.11 Å². The summed E-state index contributed by atoms with van der Waals surface area (Å²) in [6, 6.07) is 17.7. The van der Waals surface area contributed by atoms with E-state index in [9.17, 15) is 13.5 Å². The Morgan fingerprint density at radius 2 is 1.62 bits per heavy atom. The molecule has 0 amide bonds. The first kappa shape index (κ1) is 23.1. The van der Waals surface area contributed by atoms with Gasteiger partial charge in [-0.05, 0) is 36.1 Å². The fourth-order valence-electron chi connectivity index (χ4n) is 5.38. The molecule has 0 radical (unpaired) electrons. The molecule has 8 heteroatoms. The van der Waals surface area contributed by atoms with Crippen LogP contribution in [0.5, 0.6) is 0 Å². The molecule has 1 N–H and O–H groups in total. The predicted molar refractivity (Wildman–Crippen MR) is 131 cm³/mol. The van der Waals surface area contributed by atoms with Crippen LogP contribution in [0.4, 0.5) is 0 Å². The first-order chi connectivity index (χ1) is 16.6. The van der Waals surface area contributed by atoms with Crippen molar-refractivity contribution in [1.29, 1.82) is 0 Å². The van der Waals surface area contributed by atoms with Gasteiger partial charge in [0.15, 0.2) is 0 Å². The summed E-state index contributed by atoms with van der Waals surface area (Å²) < 4.78 is 28.4. The molecular weight excluding hydrogens is 448 g/mol. The maximum absolute atomic E-state index is 13.3. The Morgan fingerprint density at radius 3 is 2.32 bits per heavy atom. The summed E-state index contributed by atoms with van der Waals surface area (Å²) in [5.74, 6) is 0.0984. The largest absolute Gasteiger partial charge is 0.395 e. The molecule has 2 aromatic carbocycles. The van der Waals surface area contributed by atoms with Gasteiger partial charge in [0.05, 0.1) is 12.4 Å². The lowest BCUT2D eigenvalue weighted by Gasteiger charge is -2.57. The summed E-state index contributed by atoms with van der Waals surface area (Å²) >= 11 is 0. The van der Waals surface area contributed by atoms with Crippen LogP contribution in [0.25, 0.3) is 11.1 Å². The van der Waals surface area contributed by atoms with Crippen molar-refractivity contribution in [1.82, 2.24) is 19.2 Å². The molecule has 3 atom stereocenters. The van der Waals surface area contributed by atoms with Crippen LogP contribution in [-0.4, -0.2) is 71.0 Å². The van der Waals surface area contributed by atoms with Crippen molar-refractivity contribution in [3.05, 3.63) is 84.4 Å². The lowest BCUT2D eigenvalue weighted by Crippen LogP contribution is -2.67. The van der Waals surface area contributed by atoms with Crippen molar-refractivity contribution >= 4 is 10.0 Å². The second-order valence-electron chi connectivity index (χ2n) is 9.14. The Bertz CT molecular complexity index is 1190. The Morgan fingerprint density at radius 1 is 0.912 bits per heavy atom. The smallest absolute Gasteiger partial charge is 0.218 e. The molecule has 2 saturated heterocycles. The van der Waals surface area contributed by atoms with E-state index >= 15 is 0 Å². The summed E-state index contributed by atoms with van der Waals surface area (Å²) in [5.41, 5.74) is 3.92. The number of hydrogen-bond acceptors (Lipinski definition) is 6. The van der Waals surface area contributed by atoms with E-state index in [1.165, 1.54) is 6.33 Å². The SMILES string of the molecule is O=S(=O)(Cc1ccccc1)N1CCCCN2[C@H](CO)[C@@H](c3ccc(-c4cncnc4)cc3)[C@@H]2C1. The van der Waals surface area contributed by atoms with Crippen LogP contribution in [0.2, 0.25) is 0 Å². The summed E-state index contributed by atoms with van der Waals surface area (Å²) in [5, 5.41) is 10.2. The number of benzene rings is 2. The highest BCUT2D eigenvalue weighted by Gasteiger charge is 2.50. The predicted octanol–water partition coefficient (Wildman–Crippen LogP) is 2.90. The quantitative estimate of drug-likeness (QED) is 0.586. The van der Waals surface area contributed by atoms with Crippen molar-refractivity contribution in [2.75, 3.05) is 26.2 Å². The molecule has 1 aromatic heterocycles. The van der Waals surface area contributed by atoms with E-state index in [-0.39, 0.29) is 30.4 Å². The van der Waals surface area contributed by atoms with Gasteiger partial charge >= 0.3 is 0 Å². The summed E-state index contributed by atoms with van der Waals surface area (Å²) in [6.45, 7) is 1.94. The lowest BCUT2D eigenvalue weighted by atomic mass is 9.74. The fraction of sp³-hybridized carbons (Fsp3) is 0.385. The molecule has 3 heterocycles. The third-order valence-electron chi connectivity index (χ3n) is 7.11. The zero-order chi connectivity index (χ0) is 23.5. The minimum Gasteiger partial charge on any atom is -0.395 e. The number of aliphatic hydroxyl groups is 1. The van der Waals surface area contributed by atoms with Gasteiger partial charge in [0, 0.05) is 49.0 Å². The molecule has 2 fully saturated rings. The van der Waals surface area contributed by atoms with Crippen LogP contribution in [-0.2, 0) is 15.8 Å². The van der Waals surface area contributed by atoms with Crippen LogP contribution in [0.3, 0.4) is 0 Å². The van der Waals surface area contributed by atoms with Gasteiger partial charge in [-0.25, -0.2) is 22.7 Å². The Labute approximate surface area is 201 Å². The molecule has 0 bridgehead atoms. The standard InChI is InChI=1S/C26H30N4O3S/c31-17-25-26(22-10-8-21(9-11-22)23-14-27-19-28-15-23)24-16-29(12-4-5-13-30(24)25)34(32,33)18-20-6-2-1-3-7-20/h1-3,6-11,14-15,19,24-26,31H,4-5,12-13,16-18H2/t24-,25+,26-/m0/s1. The number of aromatic nitrogens is 2. The molecule has 3 aromatic rings. The van der Waals surface area contributed by atoms with E-state index < -0.39 is 10.0 Å². The van der Waals surface area contributed by atoms with Crippen LogP contribution < -0.4 is 0 Å². The van der Waals surface area contributed by atoms with Gasteiger partial charge in [-0.3, -0.25) is 4.90 Å². The van der Waals surface area contributed by atoms with Gasteiger partial charge in [0.2, 0.25) is 10.0 Å². The molecule has 2 aliphatic heterocycles. The highest BCUT2D eigenvalue weighted by molar-refractivity contribution is 7.88. The summed E-state index contributed by atoms with van der Waals surface area (Å²) in [4.78, 5) is 10.5. The topological polar surface area (TPSA) is 86.6 Å². The van der Waals surface area contributed by atoms with Crippen molar-refractivity contribution in [2.24, 2.45) is 0 Å². The van der Waals surface area contributed by atoms with Crippen LogP contribution in [0.1, 0.15) is 29.9 Å². The number of aliphatic hydroxyl groups excluding tert-OH is 1. The van der Waals surface area contributed by atoms with Gasteiger partial charge in [0.1, 0.15) is 6.33 Å². The van der Waals surface area contributed by atoms with Gasteiger partial charge in [-0.1, -0.05) is 54.6 Å². The Kier molecular flexibility index (Phi) is 6.74. The first-order valence-electron chi connectivity index (χ1n) is 11.8. The van der Waals surface area contributed by atoms with E-state index in [0.717, 1.165) is 41.6 Å². The highest BCUT2D eigenvalue weighted by Crippen LogP contribution is 2.42. The highest BCUT2D eigenvalue weighted by atomic mass is 32.2. The maximum Gasteiger partial charge on any atom is 0.218 e. The summed E-state index contributed by atoms with van der Waals surface area (Å²) in [7, 11) is -3.44. The molecular formula is C26H30N4O3S. The van der Waals surface area contributed by atoms with Crippen molar-refractivity contribution < 1.29 is 13.5 Å². The minimum absolute atomic E-state index is 0.00712. The van der Waals surface area contributed by atoms with Crippen molar-refractivity contribution in [3.63, 3.8) is 0 Å². The Hall–Kier alpha value is -2.65. The molecule has 178 valence electrons. The van der Waals surface area contributed by atoms with Crippen molar-refractivity contribution in [3.8, 4) is 11.1 Å². The average molecular weight is 479 g/mol. The second kappa shape index (κ2) is 9.92. The molecule has 0 saturated carbocycles. The zero-order valence-electron chi connectivity index (χ0n) is 19.1. The zero-order valence-corrected chi connectivity index (χ0v) is 19.9.